The van der Waals surface area contributed by atoms with Crippen molar-refractivity contribution < 1.29 is 5.11 Å². The minimum atomic E-state index is 0.193. The van der Waals surface area contributed by atoms with Gasteiger partial charge in [-0.3, -0.25) is 4.90 Å². The first-order valence-electron chi connectivity index (χ1n) is 7.83. The Morgan fingerprint density at radius 3 is 2.47 bits per heavy atom. The van der Waals surface area contributed by atoms with Gasteiger partial charge in [-0.1, -0.05) is 13.8 Å². The van der Waals surface area contributed by atoms with Gasteiger partial charge in [0.15, 0.2) is 0 Å². The molecule has 19 heavy (non-hydrogen) atoms. The molecular formula is C16H34N2O. The molecule has 3 heteroatoms. The summed E-state index contributed by atoms with van der Waals surface area (Å²) >= 11 is 0. The maximum absolute atomic E-state index is 8.99. The van der Waals surface area contributed by atoms with Crippen LogP contribution in [0.25, 0.3) is 0 Å². The van der Waals surface area contributed by atoms with Crippen LogP contribution in [0.4, 0.5) is 0 Å². The second-order valence-corrected chi connectivity index (χ2v) is 7.90. The van der Waals surface area contributed by atoms with Gasteiger partial charge in [-0.25, -0.2) is 0 Å². The molecule has 0 aromatic heterocycles. The van der Waals surface area contributed by atoms with Gasteiger partial charge in [0, 0.05) is 31.3 Å². The Morgan fingerprint density at radius 1 is 1.21 bits per heavy atom. The van der Waals surface area contributed by atoms with Gasteiger partial charge in [-0.05, 0) is 58.4 Å². The van der Waals surface area contributed by atoms with E-state index < -0.39 is 0 Å². The Hall–Kier alpha value is -0.120. The van der Waals surface area contributed by atoms with Crippen molar-refractivity contribution in [3.63, 3.8) is 0 Å². The van der Waals surface area contributed by atoms with Gasteiger partial charge in [-0.2, -0.15) is 0 Å². The van der Waals surface area contributed by atoms with E-state index in [0.29, 0.717) is 18.1 Å². The number of nitrogens with one attached hydrogen (secondary N) is 1. The first-order valence-corrected chi connectivity index (χ1v) is 7.83. The fourth-order valence-corrected chi connectivity index (χ4v) is 2.87. The lowest BCUT2D eigenvalue weighted by Gasteiger charge is -2.36. The smallest absolute Gasteiger partial charge is 0.0431 e. The number of nitrogens with zero attached hydrogens (tertiary/aromatic N) is 1. The average molecular weight is 270 g/mol. The zero-order valence-corrected chi connectivity index (χ0v) is 13.6. The van der Waals surface area contributed by atoms with E-state index in [0.717, 1.165) is 25.9 Å². The van der Waals surface area contributed by atoms with E-state index in [1.54, 1.807) is 0 Å². The lowest BCUT2D eigenvalue weighted by Crippen LogP contribution is -2.47. The summed E-state index contributed by atoms with van der Waals surface area (Å²) in [5.41, 5.74) is 0.494. The summed E-state index contributed by atoms with van der Waals surface area (Å²) < 4.78 is 0. The van der Waals surface area contributed by atoms with Crippen molar-refractivity contribution in [1.82, 2.24) is 10.2 Å². The fourth-order valence-electron chi connectivity index (χ4n) is 2.87. The molecule has 0 amide bonds. The normalized spacial score (nSPS) is 22.1. The van der Waals surface area contributed by atoms with Crippen LogP contribution in [-0.2, 0) is 0 Å². The molecule has 0 aromatic rings. The molecule has 2 N–H and O–H groups in total. The molecule has 1 heterocycles. The number of hydrogen-bond donors (Lipinski definition) is 2. The lowest BCUT2D eigenvalue weighted by atomic mass is 9.90. The molecule has 1 aliphatic heterocycles. The van der Waals surface area contributed by atoms with Crippen molar-refractivity contribution in [2.75, 3.05) is 26.2 Å². The SMILES string of the molecule is CC(C)(CNC(C)(C)C)CN1CCCC1CCCO. The molecule has 0 radical (unpaired) electrons. The average Bonchev–Trinajstić information content (AvgIpc) is 2.70. The molecule has 1 fully saturated rings. The van der Waals surface area contributed by atoms with Gasteiger partial charge in [0.2, 0.25) is 0 Å². The molecular weight excluding hydrogens is 236 g/mol. The molecule has 1 atom stereocenters. The van der Waals surface area contributed by atoms with Gasteiger partial charge >= 0.3 is 0 Å². The molecule has 0 saturated carbocycles. The standard InChI is InChI=1S/C16H34N2O/c1-15(2,3)17-12-16(4,5)13-18-10-6-8-14(18)9-7-11-19/h14,17,19H,6-13H2,1-5H3. The zero-order chi connectivity index (χ0) is 14.5. The molecule has 1 saturated heterocycles. The molecule has 3 nitrogen and oxygen atoms in total. The molecule has 0 bridgehead atoms. The van der Waals surface area contributed by atoms with Crippen LogP contribution >= 0.6 is 0 Å². The van der Waals surface area contributed by atoms with Crippen molar-refractivity contribution in [3.05, 3.63) is 0 Å². The third-order valence-electron chi connectivity index (χ3n) is 3.92. The third-order valence-corrected chi connectivity index (χ3v) is 3.92. The van der Waals surface area contributed by atoms with Gasteiger partial charge in [0.25, 0.3) is 0 Å². The summed E-state index contributed by atoms with van der Waals surface area (Å²) in [5.74, 6) is 0. The molecule has 1 rings (SSSR count). The first kappa shape index (κ1) is 16.9. The van der Waals surface area contributed by atoms with Crippen LogP contribution in [0.3, 0.4) is 0 Å². The highest BCUT2D eigenvalue weighted by Crippen LogP contribution is 2.26. The molecule has 0 aromatic carbocycles. The minimum absolute atomic E-state index is 0.193. The predicted octanol–water partition coefficient (Wildman–Crippen LogP) is 2.64. The summed E-state index contributed by atoms with van der Waals surface area (Å²) in [6, 6.07) is 0.695. The summed E-state index contributed by atoms with van der Waals surface area (Å²) in [6.07, 6.45) is 4.72. The van der Waals surface area contributed by atoms with Crippen LogP contribution in [0.15, 0.2) is 0 Å². The highest BCUT2D eigenvalue weighted by molar-refractivity contribution is 4.86. The van der Waals surface area contributed by atoms with Gasteiger partial charge in [-0.15, -0.1) is 0 Å². The fraction of sp³-hybridized carbons (Fsp3) is 1.00. The van der Waals surface area contributed by atoms with E-state index in [-0.39, 0.29) is 5.54 Å². The second kappa shape index (κ2) is 7.05. The van der Waals surface area contributed by atoms with Crippen molar-refractivity contribution in [2.24, 2.45) is 5.41 Å². The topological polar surface area (TPSA) is 35.5 Å². The highest BCUT2D eigenvalue weighted by atomic mass is 16.2. The van der Waals surface area contributed by atoms with Crippen LogP contribution < -0.4 is 5.32 Å². The second-order valence-electron chi connectivity index (χ2n) is 7.90. The first-order chi connectivity index (χ1) is 8.73. The maximum Gasteiger partial charge on any atom is 0.0431 e. The summed E-state index contributed by atoms with van der Waals surface area (Å²) in [7, 11) is 0. The monoisotopic (exact) mass is 270 g/mol. The van der Waals surface area contributed by atoms with Crippen LogP contribution in [0.2, 0.25) is 0 Å². The third kappa shape index (κ3) is 6.73. The van der Waals surface area contributed by atoms with E-state index in [2.05, 4.69) is 44.8 Å². The Morgan fingerprint density at radius 2 is 1.89 bits per heavy atom. The van der Waals surface area contributed by atoms with Crippen LogP contribution in [0, 0.1) is 5.41 Å². The van der Waals surface area contributed by atoms with E-state index in [9.17, 15) is 0 Å². The van der Waals surface area contributed by atoms with Gasteiger partial charge in [0.1, 0.15) is 0 Å². The number of rotatable bonds is 7. The Bertz CT molecular complexity index is 258. The van der Waals surface area contributed by atoms with E-state index in [1.807, 2.05) is 0 Å². The van der Waals surface area contributed by atoms with Crippen molar-refractivity contribution >= 4 is 0 Å². The van der Waals surface area contributed by atoms with Crippen molar-refractivity contribution in [2.45, 2.75) is 71.9 Å². The number of aliphatic hydroxyl groups excluding tert-OH is 1. The molecule has 1 unspecified atom stereocenters. The summed E-state index contributed by atoms with van der Waals surface area (Å²) in [5, 5.41) is 12.6. The quantitative estimate of drug-likeness (QED) is 0.746. The minimum Gasteiger partial charge on any atom is -0.396 e. The van der Waals surface area contributed by atoms with Crippen LogP contribution in [0.1, 0.15) is 60.3 Å². The predicted molar refractivity (Wildman–Crippen MR) is 82.5 cm³/mol. The number of likely N-dealkylation sites (tertiary alicyclic amines) is 1. The lowest BCUT2D eigenvalue weighted by molar-refractivity contribution is 0.143. The van der Waals surface area contributed by atoms with Gasteiger partial charge < -0.3 is 10.4 Å². The highest BCUT2D eigenvalue weighted by Gasteiger charge is 2.30. The maximum atomic E-state index is 8.99. The number of hydrogen-bond acceptors (Lipinski definition) is 3. The Kier molecular flexibility index (Phi) is 6.28. The van der Waals surface area contributed by atoms with Crippen LogP contribution in [-0.4, -0.2) is 47.8 Å². The van der Waals surface area contributed by atoms with Gasteiger partial charge in [0.05, 0.1) is 0 Å². The molecule has 0 spiro atoms. The van der Waals surface area contributed by atoms with E-state index in [4.69, 9.17) is 5.11 Å². The largest absolute Gasteiger partial charge is 0.396 e. The van der Waals surface area contributed by atoms with Crippen LogP contribution in [0.5, 0.6) is 0 Å². The Balaban J connectivity index is 2.42. The van der Waals surface area contributed by atoms with E-state index >= 15 is 0 Å². The van der Waals surface area contributed by atoms with Crippen molar-refractivity contribution in [1.29, 1.82) is 0 Å². The Labute approximate surface area is 119 Å². The summed E-state index contributed by atoms with van der Waals surface area (Å²) in [6.45, 7) is 15.2. The van der Waals surface area contributed by atoms with Crippen molar-refractivity contribution in [3.8, 4) is 0 Å². The molecule has 1 aliphatic rings. The summed E-state index contributed by atoms with van der Waals surface area (Å²) in [4.78, 5) is 2.64. The molecule has 0 aliphatic carbocycles. The zero-order valence-electron chi connectivity index (χ0n) is 13.6. The van der Waals surface area contributed by atoms with E-state index in [1.165, 1.54) is 19.4 Å². The molecule has 114 valence electrons. The number of aliphatic hydroxyl groups is 1.